The van der Waals surface area contributed by atoms with Crippen molar-refractivity contribution in [2.24, 2.45) is 5.92 Å². The van der Waals surface area contributed by atoms with E-state index in [4.69, 9.17) is 16.7 Å². The Bertz CT molecular complexity index is 492. The number of halogens is 1. The predicted octanol–water partition coefficient (Wildman–Crippen LogP) is 1.81. The molecule has 0 saturated carbocycles. The lowest BCUT2D eigenvalue weighted by Crippen LogP contribution is -2.44. The van der Waals surface area contributed by atoms with Crippen LogP contribution in [0.4, 0.5) is 0 Å². The SMILES string of the molecule is O=C(CN1CCCC(C(=O)O)C1)NCc1ccc(Cl)s1. The zero-order valence-electron chi connectivity index (χ0n) is 11.0. The van der Waals surface area contributed by atoms with E-state index in [0.29, 0.717) is 23.8 Å². The summed E-state index contributed by atoms with van der Waals surface area (Å²) < 4.78 is 0.703. The van der Waals surface area contributed by atoms with E-state index in [2.05, 4.69) is 5.32 Å². The first-order valence-corrected chi connectivity index (χ1v) is 7.70. The van der Waals surface area contributed by atoms with E-state index in [-0.39, 0.29) is 18.4 Å². The number of aliphatic carboxylic acids is 1. The molecule has 1 unspecified atom stereocenters. The summed E-state index contributed by atoms with van der Waals surface area (Å²) in [6.07, 6.45) is 1.52. The molecule has 2 rings (SSSR count). The molecule has 0 aliphatic carbocycles. The standard InChI is InChI=1S/C13H17ClN2O3S/c14-11-4-3-10(20-11)6-15-12(17)8-16-5-1-2-9(7-16)13(18)19/h3-4,9H,1-2,5-8H2,(H,15,17)(H,18,19). The van der Waals surface area contributed by atoms with Crippen molar-refractivity contribution in [1.29, 1.82) is 0 Å². The van der Waals surface area contributed by atoms with Gasteiger partial charge in [0.2, 0.25) is 5.91 Å². The maximum absolute atomic E-state index is 11.8. The predicted molar refractivity (Wildman–Crippen MR) is 78.0 cm³/mol. The van der Waals surface area contributed by atoms with Crippen LogP contribution in [0.25, 0.3) is 0 Å². The Labute approximate surface area is 126 Å². The molecule has 1 aliphatic heterocycles. The van der Waals surface area contributed by atoms with Crippen LogP contribution >= 0.6 is 22.9 Å². The molecular weight excluding hydrogens is 300 g/mol. The molecule has 1 aromatic rings. The van der Waals surface area contributed by atoms with Crippen molar-refractivity contribution in [3.8, 4) is 0 Å². The summed E-state index contributed by atoms with van der Waals surface area (Å²) in [6.45, 7) is 1.95. The first-order chi connectivity index (χ1) is 9.54. The van der Waals surface area contributed by atoms with Crippen molar-refractivity contribution in [3.05, 3.63) is 21.3 Å². The Hall–Kier alpha value is -1.11. The van der Waals surface area contributed by atoms with Crippen LogP contribution in [0.5, 0.6) is 0 Å². The average Bonchev–Trinajstić information content (AvgIpc) is 2.82. The van der Waals surface area contributed by atoms with E-state index in [9.17, 15) is 9.59 Å². The Morgan fingerprint density at radius 2 is 2.30 bits per heavy atom. The molecule has 0 spiro atoms. The summed E-state index contributed by atoms with van der Waals surface area (Å²) in [5.41, 5.74) is 0. The monoisotopic (exact) mass is 316 g/mol. The highest BCUT2D eigenvalue weighted by Crippen LogP contribution is 2.21. The highest BCUT2D eigenvalue weighted by atomic mass is 35.5. The number of hydrogen-bond acceptors (Lipinski definition) is 4. The topological polar surface area (TPSA) is 69.6 Å². The largest absolute Gasteiger partial charge is 0.481 e. The zero-order valence-corrected chi connectivity index (χ0v) is 12.5. The van der Waals surface area contributed by atoms with E-state index < -0.39 is 5.97 Å². The second kappa shape index (κ2) is 7.06. The fourth-order valence-corrected chi connectivity index (χ4v) is 3.32. The van der Waals surface area contributed by atoms with E-state index >= 15 is 0 Å². The van der Waals surface area contributed by atoms with Crippen LogP contribution in [0.1, 0.15) is 17.7 Å². The zero-order chi connectivity index (χ0) is 14.5. The average molecular weight is 317 g/mol. The van der Waals surface area contributed by atoms with Gasteiger partial charge in [0.1, 0.15) is 0 Å². The smallest absolute Gasteiger partial charge is 0.307 e. The molecule has 110 valence electrons. The van der Waals surface area contributed by atoms with Crippen LogP contribution in [0.2, 0.25) is 4.34 Å². The number of thiophene rings is 1. The summed E-state index contributed by atoms with van der Waals surface area (Å²) in [4.78, 5) is 25.7. The van der Waals surface area contributed by atoms with Crippen LogP contribution in [0.3, 0.4) is 0 Å². The first-order valence-electron chi connectivity index (χ1n) is 6.50. The number of carboxylic acid groups (broad SMARTS) is 1. The summed E-state index contributed by atoms with van der Waals surface area (Å²) in [5, 5.41) is 11.8. The quantitative estimate of drug-likeness (QED) is 0.869. The Balaban J connectivity index is 1.75. The number of carbonyl (C=O) groups is 2. The van der Waals surface area contributed by atoms with Gasteiger partial charge in [-0.15, -0.1) is 11.3 Å². The second-order valence-electron chi connectivity index (χ2n) is 4.90. The molecule has 1 atom stereocenters. The molecule has 7 heteroatoms. The molecule has 1 aliphatic rings. The van der Waals surface area contributed by atoms with Gasteiger partial charge in [0, 0.05) is 11.4 Å². The number of piperidine rings is 1. The summed E-state index contributed by atoms with van der Waals surface area (Å²) in [7, 11) is 0. The number of carbonyl (C=O) groups excluding carboxylic acids is 1. The van der Waals surface area contributed by atoms with Gasteiger partial charge in [0.25, 0.3) is 0 Å². The maximum atomic E-state index is 11.8. The van der Waals surface area contributed by atoms with Gasteiger partial charge in [-0.25, -0.2) is 0 Å². The van der Waals surface area contributed by atoms with Crippen LogP contribution in [-0.4, -0.2) is 41.5 Å². The van der Waals surface area contributed by atoms with Gasteiger partial charge in [0.05, 0.1) is 23.3 Å². The lowest BCUT2D eigenvalue weighted by atomic mass is 9.98. The third-order valence-electron chi connectivity index (χ3n) is 3.31. The van der Waals surface area contributed by atoms with E-state index in [0.717, 1.165) is 17.8 Å². The van der Waals surface area contributed by atoms with Crippen LogP contribution < -0.4 is 5.32 Å². The third kappa shape index (κ3) is 4.47. The minimum absolute atomic E-state index is 0.0828. The lowest BCUT2D eigenvalue weighted by Gasteiger charge is -2.29. The molecule has 1 saturated heterocycles. The van der Waals surface area contributed by atoms with Gasteiger partial charge in [-0.1, -0.05) is 11.6 Å². The van der Waals surface area contributed by atoms with E-state index in [1.54, 1.807) is 6.07 Å². The van der Waals surface area contributed by atoms with Crippen molar-refractivity contribution >= 4 is 34.8 Å². The minimum Gasteiger partial charge on any atom is -0.481 e. The van der Waals surface area contributed by atoms with Gasteiger partial charge >= 0.3 is 5.97 Å². The molecule has 2 N–H and O–H groups in total. The number of nitrogens with one attached hydrogen (secondary N) is 1. The number of amides is 1. The highest BCUT2D eigenvalue weighted by molar-refractivity contribution is 7.16. The van der Waals surface area contributed by atoms with Gasteiger partial charge in [-0.05, 0) is 31.5 Å². The van der Waals surface area contributed by atoms with Gasteiger partial charge in [0.15, 0.2) is 0 Å². The number of nitrogens with zero attached hydrogens (tertiary/aromatic N) is 1. The first kappa shape index (κ1) is 15.3. The summed E-state index contributed by atoms with van der Waals surface area (Å²) in [5.74, 6) is -1.21. The fraction of sp³-hybridized carbons (Fsp3) is 0.538. The molecule has 1 aromatic heterocycles. The minimum atomic E-state index is -0.775. The number of likely N-dealkylation sites (tertiary alicyclic amines) is 1. The summed E-state index contributed by atoms with van der Waals surface area (Å²) >= 11 is 7.26. The molecule has 20 heavy (non-hydrogen) atoms. The van der Waals surface area contributed by atoms with Crippen LogP contribution in [0.15, 0.2) is 12.1 Å². The third-order valence-corrected chi connectivity index (χ3v) is 4.54. The van der Waals surface area contributed by atoms with Gasteiger partial charge < -0.3 is 10.4 Å². The van der Waals surface area contributed by atoms with Gasteiger partial charge in [-0.3, -0.25) is 14.5 Å². The van der Waals surface area contributed by atoms with Crippen LogP contribution in [0, 0.1) is 5.92 Å². The van der Waals surface area contributed by atoms with E-state index in [1.165, 1.54) is 11.3 Å². The van der Waals surface area contributed by atoms with Crippen molar-refractivity contribution in [2.75, 3.05) is 19.6 Å². The fourth-order valence-electron chi connectivity index (χ4n) is 2.29. The molecular formula is C13H17ClN2O3S. The molecule has 1 amide bonds. The lowest BCUT2D eigenvalue weighted by molar-refractivity contribution is -0.144. The second-order valence-corrected chi connectivity index (χ2v) is 6.69. The molecule has 5 nitrogen and oxygen atoms in total. The molecule has 0 bridgehead atoms. The maximum Gasteiger partial charge on any atom is 0.307 e. The van der Waals surface area contributed by atoms with Crippen molar-refractivity contribution in [3.63, 3.8) is 0 Å². The number of carboxylic acids is 1. The normalized spacial score (nSPS) is 19.8. The highest BCUT2D eigenvalue weighted by Gasteiger charge is 2.26. The molecule has 1 fully saturated rings. The number of rotatable bonds is 5. The van der Waals surface area contributed by atoms with E-state index in [1.807, 2.05) is 11.0 Å². The Morgan fingerprint density at radius 3 is 2.95 bits per heavy atom. The molecule has 0 aromatic carbocycles. The Kier molecular flexibility index (Phi) is 5.39. The van der Waals surface area contributed by atoms with Crippen molar-refractivity contribution in [2.45, 2.75) is 19.4 Å². The molecule has 2 heterocycles. The van der Waals surface area contributed by atoms with Crippen molar-refractivity contribution < 1.29 is 14.7 Å². The number of hydrogen-bond donors (Lipinski definition) is 2. The van der Waals surface area contributed by atoms with Crippen LogP contribution in [-0.2, 0) is 16.1 Å². The van der Waals surface area contributed by atoms with Crippen molar-refractivity contribution in [1.82, 2.24) is 10.2 Å². The summed E-state index contributed by atoms with van der Waals surface area (Å²) in [6, 6.07) is 3.68. The Morgan fingerprint density at radius 1 is 1.50 bits per heavy atom. The van der Waals surface area contributed by atoms with Gasteiger partial charge in [-0.2, -0.15) is 0 Å². The molecule has 0 radical (unpaired) electrons.